The fourth-order valence-corrected chi connectivity index (χ4v) is 4.37. The Kier molecular flexibility index (Phi) is 6.54. The monoisotopic (exact) mass is 331 g/mol. The third-order valence-corrected chi connectivity index (χ3v) is 5.80. The molecule has 0 aromatic heterocycles. The van der Waals surface area contributed by atoms with Crippen molar-refractivity contribution in [2.45, 2.75) is 56.4 Å². The Morgan fingerprint density at radius 1 is 1.35 bits per heavy atom. The Balaban J connectivity index is 2.04. The fraction of sp³-hybridized carbons (Fsp3) is 0.625. The van der Waals surface area contributed by atoms with Gasteiger partial charge in [-0.2, -0.15) is 11.8 Å². The Labute approximate surface area is 136 Å². The highest BCUT2D eigenvalue weighted by Crippen LogP contribution is 2.32. The van der Waals surface area contributed by atoms with Crippen LogP contribution in [0.4, 0.5) is 0 Å². The number of thioether (sulfide) groups is 1. The predicted molar refractivity (Wildman–Crippen MR) is 92.2 cm³/mol. The molecule has 1 aromatic carbocycles. The van der Waals surface area contributed by atoms with Gasteiger partial charge in [0.15, 0.2) is 0 Å². The first kappa shape index (κ1) is 16.5. The molecule has 1 nitrogen and oxygen atoms in total. The Bertz CT molecular complexity index is 438. The molecule has 4 heteroatoms. The van der Waals surface area contributed by atoms with Gasteiger partial charge in [0.05, 0.1) is 0 Å². The van der Waals surface area contributed by atoms with Crippen molar-refractivity contribution in [1.82, 2.24) is 5.32 Å². The largest absolute Gasteiger partial charge is 0.307 e. The molecule has 0 heterocycles. The van der Waals surface area contributed by atoms with Crippen molar-refractivity contribution in [1.29, 1.82) is 0 Å². The molecule has 112 valence electrons. The van der Waals surface area contributed by atoms with E-state index in [1.807, 2.05) is 23.9 Å². The lowest BCUT2D eigenvalue weighted by Crippen LogP contribution is -2.37. The van der Waals surface area contributed by atoms with Crippen LogP contribution in [0, 0.1) is 0 Å². The molecule has 3 unspecified atom stereocenters. The van der Waals surface area contributed by atoms with E-state index in [4.69, 9.17) is 23.2 Å². The summed E-state index contributed by atoms with van der Waals surface area (Å²) in [5.74, 6) is 0. The van der Waals surface area contributed by atoms with Crippen LogP contribution in [0.1, 0.15) is 50.6 Å². The SMILES string of the molecule is CCC(NC1CCCC(SC)C1)c1ccc(Cl)cc1Cl. The lowest BCUT2D eigenvalue weighted by Gasteiger charge is -2.32. The van der Waals surface area contributed by atoms with Crippen LogP contribution in [0.3, 0.4) is 0 Å². The maximum absolute atomic E-state index is 6.35. The highest BCUT2D eigenvalue weighted by Gasteiger charge is 2.24. The second kappa shape index (κ2) is 7.93. The number of benzene rings is 1. The van der Waals surface area contributed by atoms with Gasteiger partial charge in [0, 0.05) is 27.4 Å². The van der Waals surface area contributed by atoms with E-state index >= 15 is 0 Å². The fourth-order valence-electron chi connectivity index (χ4n) is 3.01. The Hall–Kier alpha value is 0.110. The average molecular weight is 332 g/mol. The third-order valence-electron chi connectivity index (χ3n) is 4.14. The van der Waals surface area contributed by atoms with Crippen LogP contribution in [0.25, 0.3) is 0 Å². The summed E-state index contributed by atoms with van der Waals surface area (Å²) in [7, 11) is 0. The van der Waals surface area contributed by atoms with E-state index in [1.165, 1.54) is 31.2 Å². The molecule has 2 rings (SSSR count). The van der Waals surface area contributed by atoms with Crippen molar-refractivity contribution in [3.8, 4) is 0 Å². The van der Waals surface area contributed by atoms with Gasteiger partial charge in [0.1, 0.15) is 0 Å². The smallest absolute Gasteiger partial charge is 0.0468 e. The molecular weight excluding hydrogens is 309 g/mol. The molecule has 0 bridgehead atoms. The average Bonchev–Trinajstić information content (AvgIpc) is 2.45. The summed E-state index contributed by atoms with van der Waals surface area (Å²) in [6.45, 7) is 2.21. The van der Waals surface area contributed by atoms with E-state index in [0.29, 0.717) is 17.1 Å². The van der Waals surface area contributed by atoms with Crippen LogP contribution in [0.15, 0.2) is 18.2 Å². The number of halogens is 2. The third kappa shape index (κ3) is 4.30. The van der Waals surface area contributed by atoms with Gasteiger partial charge < -0.3 is 5.32 Å². The number of hydrogen-bond acceptors (Lipinski definition) is 2. The normalized spacial score (nSPS) is 24.6. The van der Waals surface area contributed by atoms with Gasteiger partial charge in [-0.1, -0.05) is 42.6 Å². The number of hydrogen-bond donors (Lipinski definition) is 1. The molecule has 0 aliphatic heterocycles. The first-order valence-corrected chi connectivity index (χ1v) is 9.42. The van der Waals surface area contributed by atoms with Crippen molar-refractivity contribution in [3.05, 3.63) is 33.8 Å². The van der Waals surface area contributed by atoms with E-state index in [1.54, 1.807) is 0 Å². The summed E-state index contributed by atoms with van der Waals surface area (Å²) in [5, 5.41) is 6.09. The zero-order valence-electron chi connectivity index (χ0n) is 12.2. The van der Waals surface area contributed by atoms with Crippen molar-refractivity contribution >= 4 is 35.0 Å². The summed E-state index contributed by atoms with van der Waals surface area (Å²) in [5.41, 5.74) is 1.17. The summed E-state index contributed by atoms with van der Waals surface area (Å²) in [6.07, 6.45) is 8.50. The molecule has 3 atom stereocenters. The molecule has 1 aliphatic rings. The molecular formula is C16H23Cl2NS. The molecule has 1 fully saturated rings. The quantitative estimate of drug-likeness (QED) is 0.741. The van der Waals surface area contributed by atoms with Gasteiger partial charge in [0.25, 0.3) is 0 Å². The Morgan fingerprint density at radius 2 is 2.15 bits per heavy atom. The number of nitrogens with one attached hydrogen (secondary N) is 1. The lowest BCUT2D eigenvalue weighted by atomic mass is 9.93. The van der Waals surface area contributed by atoms with E-state index in [0.717, 1.165) is 16.7 Å². The van der Waals surface area contributed by atoms with E-state index in [-0.39, 0.29) is 0 Å². The maximum Gasteiger partial charge on any atom is 0.0468 e. The molecule has 0 spiro atoms. The molecule has 0 saturated heterocycles. The van der Waals surface area contributed by atoms with Crippen LogP contribution in [0.2, 0.25) is 10.0 Å². The van der Waals surface area contributed by atoms with Gasteiger partial charge in [-0.25, -0.2) is 0 Å². The standard InChI is InChI=1S/C16H23Cl2NS/c1-3-16(14-8-7-11(17)9-15(14)18)19-12-5-4-6-13(10-12)20-2/h7-9,12-13,16,19H,3-6,10H2,1-2H3. The zero-order valence-corrected chi connectivity index (χ0v) is 14.5. The van der Waals surface area contributed by atoms with Crippen molar-refractivity contribution in [2.75, 3.05) is 6.26 Å². The van der Waals surface area contributed by atoms with E-state index < -0.39 is 0 Å². The second-order valence-corrected chi connectivity index (χ2v) is 7.50. The van der Waals surface area contributed by atoms with E-state index in [9.17, 15) is 0 Å². The summed E-state index contributed by atoms with van der Waals surface area (Å²) < 4.78 is 0. The van der Waals surface area contributed by atoms with Crippen molar-refractivity contribution < 1.29 is 0 Å². The minimum Gasteiger partial charge on any atom is -0.307 e. The molecule has 1 N–H and O–H groups in total. The summed E-state index contributed by atoms with van der Waals surface area (Å²) >= 11 is 14.3. The summed E-state index contributed by atoms with van der Waals surface area (Å²) in [4.78, 5) is 0. The van der Waals surface area contributed by atoms with Gasteiger partial charge in [-0.05, 0) is 49.6 Å². The minimum atomic E-state index is 0.324. The van der Waals surface area contributed by atoms with Crippen molar-refractivity contribution in [2.24, 2.45) is 0 Å². The van der Waals surface area contributed by atoms with Gasteiger partial charge in [-0.3, -0.25) is 0 Å². The molecule has 0 radical (unpaired) electrons. The molecule has 1 aliphatic carbocycles. The highest BCUT2D eigenvalue weighted by molar-refractivity contribution is 7.99. The maximum atomic E-state index is 6.35. The van der Waals surface area contributed by atoms with Crippen LogP contribution in [0.5, 0.6) is 0 Å². The number of rotatable bonds is 5. The van der Waals surface area contributed by atoms with Gasteiger partial charge in [-0.15, -0.1) is 0 Å². The summed E-state index contributed by atoms with van der Waals surface area (Å²) in [6, 6.07) is 6.76. The second-order valence-electron chi connectivity index (χ2n) is 5.51. The first-order chi connectivity index (χ1) is 9.63. The van der Waals surface area contributed by atoms with Crippen LogP contribution >= 0.6 is 35.0 Å². The Morgan fingerprint density at radius 3 is 2.80 bits per heavy atom. The van der Waals surface area contributed by atoms with Gasteiger partial charge in [0.2, 0.25) is 0 Å². The highest BCUT2D eigenvalue weighted by atomic mass is 35.5. The topological polar surface area (TPSA) is 12.0 Å². The van der Waals surface area contributed by atoms with E-state index in [2.05, 4.69) is 24.6 Å². The predicted octanol–water partition coefficient (Wildman–Crippen LogP) is 5.71. The minimum absolute atomic E-state index is 0.324. The molecule has 1 saturated carbocycles. The van der Waals surface area contributed by atoms with Gasteiger partial charge >= 0.3 is 0 Å². The molecule has 1 aromatic rings. The van der Waals surface area contributed by atoms with Crippen LogP contribution < -0.4 is 5.32 Å². The zero-order chi connectivity index (χ0) is 14.5. The molecule has 20 heavy (non-hydrogen) atoms. The van der Waals surface area contributed by atoms with Crippen LogP contribution in [-0.4, -0.2) is 17.5 Å². The van der Waals surface area contributed by atoms with Crippen molar-refractivity contribution in [3.63, 3.8) is 0 Å². The first-order valence-electron chi connectivity index (χ1n) is 7.37. The lowest BCUT2D eigenvalue weighted by molar-refractivity contribution is 0.340. The van der Waals surface area contributed by atoms with Crippen LogP contribution in [-0.2, 0) is 0 Å². The molecule has 0 amide bonds.